The second-order valence-electron chi connectivity index (χ2n) is 10.8. The number of nitro benzene ring substituents is 1. The Balaban J connectivity index is 1.35. The van der Waals surface area contributed by atoms with E-state index < -0.39 is 11.0 Å². The first-order valence-electron chi connectivity index (χ1n) is 14.3. The fourth-order valence-corrected chi connectivity index (χ4v) is 7.55. The van der Waals surface area contributed by atoms with E-state index in [1.165, 1.54) is 23.0 Å². The third kappa shape index (κ3) is 5.40. The fourth-order valence-electron chi connectivity index (χ4n) is 5.98. The first-order chi connectivity index (χ1) is 21.9. The summed E-state index contributed by atoms with van der Waals surface area (Å²) in [5.41, 5.74) is 6.29. The quantitative estimate of drug-likeness (QED) is 0.143. The average molecular weight is 681 g/mol. The minimum Gasteiger partial charge on any atom is -0.493 e. The summed E-state index contributed by atoms with van der Waals surface area (Å²) in [5.74, 6) is 1.10. The van der Waals surface area contributed by atoms with Crippen LogP contribution in [-0.4, -0.2) is 16.6 Å². The third-order valence-electron chi connectivity index (χ3n) is 8.05. The second-order valence-corrected chi connectivity index (χ2v) is 12.6. The van der Waals surface area contributed by atoms with Gasteiger partial charge in [0.15, 0.2) is 16.3 Å². The van der Waals surface area contributed by atoms with Gasteiger partial charge in [0.2, 0.25) is 0 Å². The van der Waals surface area contributed by atoms with Gasteiger partial charge in [0.1, 0.15) is 6.61 Å². The Kier molecular flexibility index (Phi) is 7.68. The second kappa shape index (κ2) is 11.9. The largest absolute Gasteiger partial charge is 0.493 e. The molecule has 5 aromatic rings. The van der Waals surface area contributed by atoms with Gasteiger partial charge in [-0.2, -0.15) is 0 Å². The molecule has 4 aromatic carbocycles. The minimum atomic E-state index is -0.512. The number of hydrogen-bond acceptors (Lipinski definition) is 7. The van der Waals surface area contributed by atoms with Crippen LogP contribution in [0.1, 0.15) is 40.3 Å². The molecule has 1 unspecified atom stereocenters. The van der Waals surface area contributed by atoms with Crippen molar-refractivity contribution in [2.24, 2.45) is 4.99 Å². The van der Waals surface area contributed by atoms with Crippen molar-refractivity contribution in [1.29, 1.82) is 0 Å². The Labute approximate surface area is 270 Å². The number of halogens is 1. The molecule has 0 saturated carbocycles. The van der Waals surface area contributed by atoms with E-state index in [4.69, 9.17) is 14.5 Å². The third-order valence-corrected chi connectivity index (χ3v) is 9.62. The predicted octanol–water partition coefficient (Wildman–Crippen LogP) is 6.58. The fraction of sp³-hybridized carbons (Fsp3) is 0.143. The summed E-state index contributed by atoms with van der Waals surface area (Å²) in [6.45, 7) is 0.374. The van der Waals surface area contributed by atoms with Crippen molar-refractivity contribution in [2.75, 3.05) is 7.11 Å². The van der Waals surface area contributed by atoms with E-state index in [1.54, 1.807) is 23.8 Å². The minimum absolute atomic E-state index is 0.0171. The van der Waals surface area contributed by atoms with Crippen LogP contribution in [0.25, 0.3) is 11.8 Å². The van der Waals surface area contributed by atoms with Crippen molar-refractivity contribution in [3.63, 3.8) is 0 Å². The standard InChI is InChI=1S/C35H26BrN3O5S/c1-43-29-17-22(16-28(36)33(29)44-20-21-8-3-2-4-9-21)18-30-34(40)38-32(24-11-7-12-25(19-24)39(41)42)27-15-14-23-10-5-6-13-26(23)31(27)37-35(38)45-30/h2-13,16-19,32H,14-15,20H2,1H3/b30-18-. The van der Waals surface area contributed by atoms with Gasteiger partial charge in [0.05, 0.1) is 32.8 Å². The highest BCUT2D eigenvalue weighted by molar-refractivity contribution is 9.10. The molecule has 1 aromatic heterocycles. The highest BCUT2D eigenvalue weighted by Crippen LogP contribution is 2.42. The van der Waals surface area contributed by atoms with E-state index in [0.717, 1.165) is 34.4 Å². The Morgan fingerprint density at radius 3 is 2.64 bits per heavy atom. The van der Waals surface area contributed by atoms with Gasteiger partial charge in [-0.3, -0.25) is 19.5 Å². The molecule has 7 rings (SSSR count). The Morgan fingerprint density at radius 2 is 1.84 bits per heavy atom. The van der Waals surface area contributed by atoms with E-state index in [-0.39, 0.29) is 11.2 Å². The van der Waals surface area contributed by atoms with Gasteiger partial charge < -0.3 is 9.47 Å². The molecule has 0 N–H and O–H groups in total. The van der Waals surface area contributed by atoms with Crippen LogP contribution in [0.5, 0.6) is 11.5 Å². The number of nitrogens with zero attached hydrogens (tertiary/aromatic N) is 3. The van der Waals surface area contributed by atoms with Crippen LogP contribution in [0.3, 0.4) is 0 Å². The van der Waals surface area contributed by atoms with Gasteiger partial charge in [-0.05, 0) is 74.8 Å². The molecule has 0 bridgehead atoms. The summed E-state index contributed by atoms with van der Waals surface area (Å²) < 4.78 is 14.6. The number of benzene rings is 4. The van der Waals surface area contributed by atoms with E-state index in [0.29, 0.717) is 43.9 Å². The summed E-state index contributed by atoms with van der Waals surface area (Å²) in [7, 11) is 1.58. The van der Waals surface area contributed by atoms with Crippen LogP contribution < -0.4 is 24.4 Å². The molecule has 1 atom stereocenters. The monoisotopic (exact) mass is 679 g/mol. The normalized spacial score (nSPS) is 15.5. The first-order valence-corrected chi connectivity index (χ1v) is 15.9. The van der Waals surface area contributed by atoms with Crippen LogP contribution in [0.4, 0.5) is 5.69 Å². The van der Waals surface area contributed by atoms with Crippen LogP contribution in [0.15, 0.2) is 111 Å². The molecule has 0 spiro atoms. The highest BCUT2D eigenvalue weighted by atomic mass is 79.9. The lowest BCUT2D eigenvalue weighted by molar-refractivity contribution is -0.384. The molecule has 2 heterocycles. The zero-order valence-corrected chi connectivity index (χ0v) is 26.5. The van der Waals surface area contributed by atoms with Gasteiger partial charge >= 0.3 is 0 Å². The summed E-state index contributed by atoms with van der Waals surface area (Å²) in [5, 5.41) is 11.7. The molecule has 0 amide bonds. The molecule has 45 heavy (non-hydrogen) atoms. The van der Waals surface area contributed by atoms with Crippen molar-refractivity contribution in [2.45, 2.75) is 25.5 Å². The lowest BCUT2D eigenvalue weighted by atomic mass is 9.83. The zero-order valence-electron chi connectivity index (χ0n) is 24.1. The summed E-state index contributed by atoms with van der Waals surface area (Å²) in [4.78, 5) is 31.0. The number of thiazole rings is 1. The maximum Gasteiger partial charge on any atom is 0.271 e. The number of nitro groups is 1. The van der Waals surface area contributed by atoms with E-state index in [2.05, 4.69) is 28.1 Å². The molecule has 1 aliphatic heterocycles. The van der Waals surface area contributed by atoms with Crippen molar-refractivity contribution >= 4 is 44.7 Å². The Morgan fingerprint density at radius 1 is 1.04 bits per heavy atom. The van der Waals surface area contributed by atoms with E-state index >= 15 is 0 Å². The topological polar surface area (TPSA) is 96.0 Å². The molecule has 0 saturated heterocycles. The average Bonchev–Trinajstić information content (AvgIpc) is 3.37. The van der Waals surface area contributed by atoms with Gasteiger partial charge in [-0.15, -0.1) is 0 Å². The Hall–Kier alpha value is -4.80. The van der Waals surface area contributed by atoms with E-state index in [1.807, 2.05) is 66.7 Å². The lowest BCUT2D eigenvalue weighted by Crippen LogP contribution is -2.38. The Bertz CT molecular complexity index is 2190. The maximum absolute atomic E-state index is 14.2. The number of ether oxygens (including phenoxy) is 2. The number of methoxy groups -OCH3 is 1. The number of fused-ring (bicyclic) bond motifs is 3. The van der Waals surface area contributed by atoms with Gasteiger partial charge in [0, 0.05) is 17.7 Å². The molecule has 10 heteroatoms. The van der Waals surface area contributed by atoms with Crippen molar-refractivity contribution in [1.82, 2.24) is 4.57 Å². The SMILES string of the molecule is COc1cc(/C=c2\sc3n(c2=O)C(c2cccc([N+](=O)[O-])c2)C2=C(N=3)c3ccccc3CC2)cc(Br)c1OCc1ccccc1. The number of aromatic nitrogens is 1. The van der Waals surface area contributed by atoms with Crippen molar-refractivity contribution < 1.29 is 14.4 Å². The number of aryl methyl sites for hydroxylation is 1. The van der Waals surface area contributed by atoms with Gasteiger partial charge in [-0.1, -0.05) is 78.1 Å². The predicted molar refractivity (Wildman–Crippen MR) is 177 cm³/mol. The molecule has 8 nitrogen and oxygen atoms in total. The molecule has 0 fully saturated rings. The molecule has 1 aliphatic carbocycles. The van der Waals surface area contributed by atoms with Crippen LogP contribution in [0, 0.1) is 10.1 Å². The zero-order chi connectivity index (χ0) is 31.1. The van der Waals surface area contributed by atoms with Crippen LogP contribution in [-0.2, 0) is 13.0 Å². The van der Waals surface area contributed by atoms with Crippen LogP contribution >= 0.6 is 27.3 Å². The number of non-ortho nitro benzene ring substituents is 1. The molecular formula is C35H26BrN3O5S. The maximum atomic E-state index is 14.2. The summed E-state index contributed by atoms with van der Waals surface area (Å²) in [6, 6.07) is 27.8. The number of allylic oxidation sites excluding steroid dienone is 1. The summed E-state index contributed by atoms with van der Waals surface area (Å²) in [6.07, 6.45) is 3.31. The first kappa shape index (κ1) is 28.9. The molecule has 0 radical (unpaired) electrons. The highest BCUT2D eigenvalue weighted by Gasteiger charge is 2.33. The van der Waals surface area contributed by atoms with Gasteiger partial charge in [0.25, 0.3) is 11.2 Å². The van der Waals surface area contributed by atoms with Crippen LogP contribution in [0.2, 0.25) is 0 Å². The van der Waals surface area contributed by atoms with Crippen molar-refractivity contribution in [3.8, 4) is 11.5 Å². The molecule has 2 aliphatic rings. The van der Waals surface area contributed by atoms with Gasteiger partial charge in [-0.25, -0.2) is 4.99 Å². The lowest BCUT2D eigenvalue weighted by Gasteiger charge is -2.30. The summed E-state index contributed by atoms with van der Waals surface area (Å²) >= 11 is 4.93. The molecular weight excluding hydrogens is 654 g/mol. The van der Waals surface area contributed by atoms with Crippen molar-refractivity contribution in [3.05, 3.63) is 159 Å². The smallest absolute Gasteiger partial charge is 0.271 e. The molecule has 224 valence electrons. The number of hydrogen-bond donors (Lipinski definition) is 0. The number of rotatable bonds is 7. The van der Waals surface area contributed by atoms with E-state index in [9.17, 15) is 14.9 Å².